The summed E-state index contributed by atoms with van der Waals surface area (Å²) in [5.74, 6) is 2.04. The standard InChI is InChI=1S/C21H19ClN6/c1-14-15(2)27-28(18-10-8-16(22)9-11-18)20(14)25-19-12-13-23-21(26-19)24-17-6-4-3-5-7-17/h3-13H,1-2H3,(H2,23,24,25,26). The summed E-state index contributed by atoms with van der Waals surface area (Å²) in [6, 6.07) is 19.2. The van der Waals surface area contributed by atoms with Crippen LogP contribution in [-0.4, -0.2) is 19.7 Å². The maximum Gasteiger partial charge on any atom is 0.229 e. The first-order valence-corrected chi connectivity index (χ1v) is 9.22. The largest absolute Gasteiger partial charge is 0.324 e. The van der Waals surface area contributed by atoms with Gasteiger partial charge in [-0.15, -0.1) is 0 Å². The molecule has 0 saturated carbocycles. The molecular weight excluding hydrogens is 372 g/mol. The molecule has 0 fully saturated rings. The van der Waals surface area contributed by atoms with Crippen molar-refractivity contribution in [2.75, 3.05) is 10.6 Å². The van der Waals surface area contributed by atoms with Gasteiger partial charge in [0.25, 0.3) is 0 Å². The number of para-hydroxylation sites is 1. The van der Waals surface area contributed by atoms with Crippen LogP contribution < -0.4 is 10.6 Å². The van der Waals surface area contributed by atoms with Crippen LogP contribution in [0, 0.1) is 13.8 Å². The van der Waals surface area contributed by atoms with Crippen LogP contribution in [0.15, 0.2) is 66.9 Å². The van der Waals surface area contributed by atoms with Crippen LogP contribution in [0.25, 0.3) is 5.69 Å². The van der Waals surface area contributed by atoms with Gasteiger partial charge in [0.15, 0.2) is 0 Å². The van der Waals surface area contributed by atoms with E-state index in [1.54, 1.807) is 6.20 Å². The van der Waals surface area contributed by atoms with Gasteiger partial charge in [0.2, 0.25) is 5.95 Å². The van der Waals surface area contributed by atoms with Gasteiger partial charge in [-0.25, -0.2) is 9.67 Å². The monoisotopic (exact) mass is 390 g/mol. The average Bonchev–Trinajstić information content (AvgIpc) is 2.98. The van der Waals surface area contributed by atoms with Crippen molar-refractivity contribution < 1.29 is 0 Å². The summed E-state index contributed by atoms with van der Waals surface area (Å²) in [5.41, 5.74) is 3.83. The quantitative estimate of drug-likeness (QED) is 0.476. The fourth-order valence-electron chi connectivity index (χ4n) is 2.78. The van der Waals surface area contributed by atoms with Crippen LogP contribution in [0.5, 0.6) is 0 Å². The molecule has 0 spiro atoms. The Morgan fingerprint density at radius 2 is 1.64 bits per heavy atom. The molecule has 0 aliphatic heterocycles. The van der Waals surface area contributed by atoms with Gasteiger partial charge in [0.05, 0.1) is 11.4 Å². The molecule has 0 amide bonds. The maximum atomic E-state index is 6.02. The molecule has 0 radical (unpaired) electrons. The lowest BCUT2D eigenvalue weighted by molar-refractivity contribution is 0.868. The zero-order valence-electron chi connectivity index (χ0n) is 15.5. The summed E-state index contributed by atoms with van der Waals surface area (Å²) >= 11 is 6.02. The number of hydrogen-bond acceptors (Lipinski definition) is 5. The second-order valence-electron chi connectivity index (χ2n) is 6.33. The van der Waals surface area contributed by atoms with Crippen molar-refractivity contribution in [2.24, 2.45) is 0 Å². The molecular formula is C21H19ClN6. The first-order valence-electron chi connectivity index (χ1n) is 8.84. The van der Waals surface area contributed by atoms with Gasteiger partial charge in [-0.2, -0.15) is 10.1 Å². The van der Waals surface area contributed by atoms with Crippen molar-refractivity contribution in [1.82, 2.24) is 19.7 Å². The maximum absolute atomic E-state index is 6.02. The average molecular weight is 391 g/mol. The molecule has 0 aliphatic carbocycles. The van der Waals surface area contributed by atoms with Crippen LogP contribution in [0.4, 0.5) is 23.3 Å². The molecule has 4 aromatic rings. The summed E-state index contributed by atoms with van der Waals surface area (Å²) in [6.07, 6.45) is 1.71. The SMILES string of the molecule is Cc1nn(-c2ccc(Cl)cc2)c(Nc2ccnc(Nc3ccccc3)n2)c1C. The number of aromatic nitrogens is 4. The Bertz CT molecular complexity index is 1090. The van der Waals surface area contributed by atoms with Crippen molar-refractivity contribution >= 4 is 34.9 Å². The zero-order chi connectivity index (χ0) is 19.5. The molecule has 0 bridgehead atoms. The summed E-state index contributed by atoms with van der Waals surface area (Å²) in [6.45, 7) is 4.01. The van der Waals surface area contributed by atoms with E-state index in [1.165, 1.54) is 0 Å². The van der Waals surface area contributed by atoms with Crippen molar-refractivity contribution in [1.29, 1.82) is 0 Å². The van der Waals surface area contributed by atoms with E-state index in [0.29, 0.717) is 16.8 Å². The Balaban J connectivity index is 1.64. The number of halogens is 1. The Morgan fingerprint density at radius 3 is 2.39 bits per heavy atom. The van der Waals surface area contributed by atoms with Crippen LogP contribution in [-0.2, 0) is 0 Å². The topological polar surface area (TPSA) is 67.7 Å². The smallest absolute Gasteiger partial charge is 0.229 e. The minimum absolute atomic E-state index is 0.517. The highest BCUT2D eigenvalue weighted by atomic mass is 35.5. The number of aryl methyl sites for hydroxylation is 1. The second kappa shape index (κ2) is 7.70. The van der Waals surface area contributed by atoms with E-state index in [0.717, 1.165) is 28.5 Å². The predicted octanol–water partition coefficient (Wildman–Crippen LogP) is 5.42. The predicted molar refractivity (Wildman–Crippen MR) is 113 cm³/mol. The minimum atomic E-state index is 0.517. The fraction of sp³-hybridized carbons (Fsp3) is 0.0952. The molecule has 6 nitrogen and oxygen atoms in total. The number of nitrogens with one attached hydrogen (secondary N) is 2. The molecule has 2 aromatic carbocycles. The lowest BCUT2D eigenvalue weighted by Gasteiger charge is -2.12. The van der Waals surface area contributed by atoms with Crippen molar-refractivity contribution in [3.05, 3.63) is 83.1 Å². The summed E-state index contributed by atoms with van der Waals surface area (Å²) in [4.78, 5) is 8.86. The van der Waals surface area contributed by atoms with Crippen molar-refractivity contribution in [2.45, 2.75) is 13.8 Å². The van der Waals surface area contributed by atoms with Gasteiger partial charge in [-0.05, 0) is 56.3 Å². The summed E-state index contributed by atoms with van der Waals surface area (Å²) in [5, 5.41) is 11.9. The molecule has 2 aromatic heterocycles. The van der Waals surface area contributed by atoms with E-state index in [9.17, 15) is 0 Å². The Hall–Kier alpha value is -3.38. The number of benzene rings is 2. The number of nitrogens with zero attached hydrogens (tertiary/aromatic N) is 4. The lowest BCUT2D eigenvalue weighted by Crippen LogP contribution is -2.05. The third-order valence-corrected chi connectivity index (χ3v) is 4.61. The van der Waals surface area contributed by atoms with E-state index in [1.807, 2.05) is 79.2 Å². The van der Waals surface area contributed by atoms with E-state index < -0.39 is 0 Å². The minimum Gasteiger partial charge on any atom is -0.324 e. The molecule has 7 heteroatoms. The number of anilines is 4. The molecule has 0 unspecified atom stereocenters. The Morgan fingerprint density at radius 1 is 0.893 bits per heavy atom. The van der Waals surface area contributed by atoms with Gasteiger partial charge in [0.1, 0.15) is 11.6 Å². The van der Waals surface area contributed by atoms with Gasteiger partial charge in [-0.1, -0.05) is 29.8 Å². The molecule has 140 valence electrons. The fourth-order valence-corrected chi connectivity index (χ4v) is 2.91. The van der Waals surface area contributed by atoms with E-state index in [4.69, 9.17) is 11.6 Å². The molecule has 2 heterocycles. The molecule has 2 N–H and O–H groups in total. The molecule has 28 heavy (non-hydrogen) atoms. The van der Waals surface area contributed by atoms with Gasteiger partial charge >= 0.3 is 0 Å². The third kappa shape index (κ3) is 3.82. The van der Waals surface area contributed by atoms with Crippen LogP contribution >= 0.6 is 11.6 Å². The first-order chi connectivity index (χ1) is 13.6. The molecule has 0 atom stereocenters. The summed E-state index contributed by atoms with van der Waals surface area (Å²) < 4.78 is 1.85. The van der Waals surface area contributed by atoms with Crippen LogP contribution in [0.2, 0.25) is 5.02 Å². The van der Waals surface area contributed by atoms with Crippen LogP contribution in [0.1, 0.15) is 11.3 Å². The Kier molecular flexibility index (Phi) is 4.95. The normalized spacial score (nSPS) is 10.7. The van der Waals surface area contributed by atoms with Crippen LogP contribution in [0.3, 0.4) is 0 Å². The van der Waals surface area contributed by atoms with E-state index in [2.05, 4.69) is 25.7 Å². The lowest BCUT2D eigenvalue weighted by atomic mass is 10.2. The van der Waals surface area contributed by atoms with Crippen molar-refractivity contribution in [3.63, 3.8) is 0 Å². The highest BCUT2D eigenvalue weighted by Gasteiger charge is 2.14. The van der Waals surface area contributed by atoms with Crippen molar-refractivity contribution in [3.8, 4) is 5.69 Å². The second-order valence-corrected chi connectivity index (χ2v) is 6.77. The van der Waals surface area contributed by atoms with Gasteiger partial charge in [-0.3, -0.25) is 0 Å². The molecule has 0 aliphatic rings. The molecule has 0 saturated heterocycles. The first kappa shape index (κ1) is 18.0. The third-order valence-electron chi connectivity index (χ3n) is 4.36. The van der Waals surface area contributed by atoms with E-state index in [-0.39, 0.29) is 0 Å². The number of hydrogen-bond donors (Lipinski definition) is 2. The molecule has 4 rings (SSSR count). The number of rotatable bonds is 5. The highest BCUT2D eigenvalue weighted by molar-refractivity contribution is 6.30. The van der Waals surface area contributed by atoms with E-state index >= 15 is 0 Å². The van der Waals surface area contributed by atoms with Gasteiger partial charge < -0.3 is 10.6 Å². The highest BCUT2D eigenvalue weighted by Crippen LogP contribution is 2.26. The Labute approximate surface area is 168 Å². The van der Waals surface area contributed by atoms with Gasteiger partial charge in [0, 0.05) is 22.5 Å². The zero-order valence-corrected chi connectivity index (χ0v) is 16.3. The summed E-state index contributed by atoms with van der Waals surface area (Å²) in [7, 11) is 0.